The number of carboxylic acid groups (broad SMARTS) is 1. The van der Waals surface area contributed by atoms with Crippen LogP contribution in [-0.2, 0) is 23.9 Å². The van der Waals surface area contributed by atoms with E-state index >= 15 is 0 Å². The Morgan fingerprint density at radius 2 is 1.77 bits per heavy atom. The maximum absolute atomic E-state index is 12.6. The molecule has 196 valence electrons. The molecule has 35 heavy (non-hydrogen) atoms. The molecule has 0 spiro atoms. The summed E-state index contributed by atoms with van der Waals surface area (Å²) in [6.07, 6.45) is 11.4. The van der Waals surface area contributed by atoms with Crippen LogP contribution in [0.2, 0.25) is 0 Å². The third-order valence-electron chi connectivity index (χ3n) is 6.22. The van der Waals surface area contributed by atoms with E-state index in [4.69, 9.17) is 9.84 Å². The SMILES string of the molecule is COC(/C=C/CC/C=C/C(=O)O)C(O)C(C)/C=C(/C)CC(C)C(=O)CCCC1CC(=O)NC(=O)C1. The van der Waals surface area contributed by atoms with Crippen molar-refractivity contribution in [2.45, 2.75) is 84.3 Å². The molecule has 8 heteroatoms. The van der Waals surface area contributed by atoms with Crippen LogP contribution in [-0.4, -0.2) is 53.1 Å². The van der Waals surface area contributed by atoms with Crippen molar-refractivity contribution < 1.29 is 34.1 Å². The van der Waals surface area contributed by atoms with E-state index in [0.717, 1.165) is 11.6 Å². The number of aliphatic hydroxyl groups excluding tert-OH is 1. The highest BCUT2D eigenvalue weighted by molar-refractivity contribution is 5.97. The predicted molar refractivity (Wildman–Crippen MR) is 133 cm³/mol. The molecule has 1 aliphatic rings. The van der Waals surface area contributed by atoms with Gasteiger partial charge in [-0.15, -0.1) is 0 Å². The number of carboxylic acids is 1. The van der Waals surface area contributed by atoms with E-state index in [9.17, 15) is 24.3 Å². The summed E-state index contributed by atoms with van der Waals surface area (Å²) in [5, 5.41) is 21.6. The molecule has 1 saturated heterocycles. The highest BCUT2D eigenvalue weighted by Gasteiger charge is 2.25. The fourth-order valence-electron chi connectivity index (χ4n) is 4.32. The van der Waals surface area contributed by atoms with Gasteiger partial charge in [0.1, 0.15) is 11.9 Å². The van der Waals surface area contributed by atoms with E-state index in [1.54, 1.807) is 12.2 Å². The molecule has 3 N–H and O–H groups in total. The van der Waals surface area contributed by atoms with E-state index < -0.39 is 18.2 Å². The van der Waals surface area contributed by atoms with Gasteiger partial charge in [0.2, 0.25) is 11.8 Å². The molecule has 0 aromatic rings. The van der Waals surface area contributed by atoms with Gasteiger partial charge >= 0.3 is 5.97 Å². The summed E-state index contributed by atoms with van der Waals surface area (Å²) in [5.41, 5.74) is 1.02. The minimum absolute atomic E-state index is 0.0207. The molecule has 4 atom stereocenters. The lowest BCUT2D eigenvalue weighted by Gasteiger charge is -2.23. The lowest BCUT2D eigenvalue weighted by molar-refractivity contribution is -0.135. The predicted octanol–water partition coefficient (Wildman–Crippen LogP) is 3.74. The summed E-state index contributed by atoms with van der Waals surface area (Å²) in [5.74, 6) is -1.60. The molecule has 0 aliphatic carbocycles. The van der Waals surface area contributed by atoms with Crippen LogP contribution in [0.3, 0.4) is 0 Å². The number of nitrogens with one attached hydrogen (secondary N) is 1. The second-order valence-corrected chi connectivity index (χ2v) is 9.52. The van der Waals surface area contributed by atoms with Gasteiger partial charge in [-0.25, -0.2) is 4.79 Å². The summed E-state index contributed by atoms with van der Waals surface area (Å²) in [6, 6.07) is 0. The molecule has 2 amide bonds. The molecule has 8 nitrogen and oxygen atoms in total. The number of unbranched alkanes of at least 4 members (excludes halogenated alkanes) is 1. The number of carbonyl (C=O) groups excluding carboxylic acids is 3. The maximum atomic E-state index is 12.6. The maximum Gasteiger partial charge on any atom is 0.327 e. The number of hydrogen-bond donors (Lipinski definition) is 3. The largest absolute Gasteiger partial charge is 0.478 e. The van der Waals surface area contributed by atoms with Crippen molar-refractivity contribution in [1.29, 1.82) is 0 Å². The average Bonchev–Trinajstić information content (AvgIpc) is 2.77. The first kappa shape index (κ1) is 30.5. The van der Waals surface area contributed by atoms with E-state index in [0.29, 0.717) is 51.4 Å². The molecule has 0 bridgehead atoms. The monoisotopic (exact) mass is 491 g/mol. The van der Waals surface area contributed by atoms with Crippen molar-refractivity contribution in [3.63, 3.8) is 0 Å². The fraction of sp³-hybridized carbons (Fsp3) is 0.630. The first-order valence-corrected chi connectivity index (χ1v) is 12.3. The van der Waals surface area contributed by atoms with Gasteiger partial charge in [-0.2, -0.15) is 0 Å². The Hall–Kier alpha value is -2.58. The zero-order chi connectivity index (χ0) is 26.4. The normalized spacial score (nSPS) is 19.1. The highest BCUT2D eigenvalue weighted by atomic mass is 16.5. The Labute approximate surface area is 208 Å². The zero-order valence-corrected chi connectivity index (χ0v) is 21.4. The Morgan fingerprint density at radius 3 is 2.37 bits per heavy atom. The van der Waals surface area contributed by atoms with Crippen molar-refractivity contribution in [3.8, 4) is 0 Å². The molecular weight excluding hydrogens is 450 g/mol. The lowest BCUT2D eigenvalue weighted by atomic mass is 9.88. The van der Waals surface area contributed by atoms with Crippen LogP contribution in [0.4, 0.5) is 0 Å². The number of Topliss-reactive ketones (excluding diaryl/α,β-unsaturated/α-hetero) is 1. The van der Waals surface area contributed by atoms with Crippen LogP contribution in [0.1, 0.15) is 72.1 Å². The number of amides is 2. The molecule has 0 saturated carbocycles. The molecule has 4 unspecified atom stereocenters. The number of ketones is 1. The minimum atomic E-state index is -0.973. The first-order valence-electron chi connectivity index (χ1n) is 12.3. The minimum Gasteiger partial charge on any atom is -0.478 e. The van der Waals surface area contributed by atoms with E-state index in [-0.39, 0.29) is 35.4 Å². The third kappa shape index (κ3) is 12.6. The quantitative estimate of drug-likeness (QED) is 0.130. The molecule has 1 rings (SSSR count). The van der Waals surface area contributed by atoms with E-state index in [1.807, 2.05) is 32.9 Å². The Kier molecular flexibility index (Phi) is 14.1. The second-order valence-electron chi connectivity index (χ2n) is 9.52. The number of allylic oxidation sites excluding steroid dienone is 3. The molecule has 1 fully saturated rings. The van der Waals surface area contributed by atoms with E-state index in [1.165, 1.54) is 7.11 Å². The van der Waals surface area contributed by atoms with Gasteiger partial charge in [0.15, 0.2) is 0 Å². The van der Waals surface area contributed by atoms with Crippen LogP contribution < -0.4 is 5.32 Å². The molecule has 0 radical (unpaired) electrons. The van der Waals surface area contributed by atoms with Crippen LogP contribution in [0.25, 0.3) is 0 Å². The third-order valence-corrected chi connectivity index (χ3v) is 6.22. The number of ether oxygens (including phenoxy) is 1. The van der Waals surface area contributed by atoms with Gasteiger partial charge < -0.3 is 14.9 Å². The van der Waals surface area contributed by atoms with Crippen molar-refractivity contribution in [2.75, 3.05) is 7.11 Å². The van der Waals surface area contributed by atoms with Crippen molar-refractivity contribution >= 4 is 23.6 Å². The van der Waals surface area contributed by atoms with Crippen molar-refractivity contribution in [1.82, 2.24) is 5.32 Å². The standard InChI is InChI=1S/C27H41NO7/c1-18(14-19(2)22(29)11-9-10-21-16-24(30)28-25(31)17-21)15-20(3)27(34)23(35-4)12-7-5-6-8-13-26(32)33/h7-8,12-13,15,19-21,23,27,34H,5-6,9-11,14,16-17H2,1-4H3,(H,32,33)(H,28,30,31)/b12-7+,13-8+,18-15-. The Bertz CT molecular complexity index is 798. The fourth-order valence-corrected chi connectivity index (χ4v) is 4.32. The first-order chi connectivity index (χ1) is 16.5. The summed E-state index contributed by atoms with van der Waals surface area (Å²) in [7, 11) is 1.53. The van der Waals surface area contributed by atoms with Gasteiger partial charge in [0.05, 0.1) is 6.10 Å². The van der Waals surface area contributed by atoms with Crippen LogP contribution in [0.15, 0.2) is 36.0 Å². The molecule has 1 heterocycles. The number of carbonyl (C=O) groups is 4. The van der Waals surface area contributed by atoms with Crippen molar-refractivity contribution in [3.05, 3.63) is 36.0 Å². The molecule has 0 aromatic carbocycles. The van der Waals surface area contributed by atoms with Crippen LogP contribution in [0.5, 0.6) is 0 Å². The number of piperidine rings is 1. The Balaban J connectivity index is 2.46. The lowest BCUT2D eigenvalue weighted by Crippen LogP contribution is -2.38. The number of aliphatic carboxylic acids is 1. The van der Waals surface area contributed by atoms with Crippen LogP contribution >= 0.6 is 0 Å². The number of imide groups is 1. The summed E-state index contributed by atoms with van der Waals surface area (Å²) in [6.45, 7) is 5.75. The van der Waals surface area contributed by atoms with Gasteiger partial charge in [0.25, 0.3) is 0 Å². The summed E-state index contributed by atoms with van der Waals surface area (Å²) >= 11 is 0. The van der Waals surface area contributed by atoms with E-state index in [2.05, 4.69) is 5.32 Å². The molecular formula is C27H41NO7. The Morgan fingerprint density at radius 1 is 1.14 bits per heavy atom. The van der Waals surface area contributed by atoms with Gasteiger partial charge in [-0.05, 0) is 44.9 Å². The smallest absolute Gasteiger partial charge is 0.327 e. The number of hydrogen-bond acceptors (Lipinski definition) is 6. The number of aliphatic hydroxyl groups is 1. The zero-order valence-electron chi connectivity index (χ0n) is 21.4. The van der Waals surface area contributed by atoms with Gasteiger partial charge in [-0.3, -0.25) is 19.7 Å². The average molecular weight is 492 g/mol. The van der Waals surface area contributed by atoms with Crippen LogP contribution in [0, 0.1) is 17.8 Å². The van der Waals surface area contributed by atoms with Gasteiger partial charge in [-0.1, -0.05) is 43.7 Å². The van der Waals surface area contributed by atoms with Crippen molar-refractivity contribution in [2.24, 2.45) is 17.8 Å². The molecule has 0 aromatic heterocycles. The molecule has 1 aliphatic heterocycles. The number of rotatable bonds is 16. The van der Waals surface area contributed by atoms with Gasteiger partial charge in [0, 0.05) is 44.3 Å². The topological polar surface area (TPSA) is 130 Å². The summed E-state index contributed by atoms with van der Waals surface area (Å²) < 4.78 is 5.41. The second kappa shape index (κ2) is 16.2. The number of methoxy groups -OCH3 is 1. The summed E-state index contributed by atoms with van der Waals surface area (Å²) in [4.78, 5) is 46.0. The highest BCUT2D eigenvalue weighted by Crippen LogP contribution is 2.23.